The smallest absolute Gasteiger partial charge is 0.291 e. The molecule has 1 atom stereocenters. The summed E-state index contributed by atoms with van der Waals surface area (Å²) in [5.74, 6) is 2.59. The molecule has 0 radical (unpaired) electrons. The zero-order valence-corrected chi connectivity index (χ0v) is 47.0. The molecule has 0 saturated heterocycles. The third kappa shape index (κ3) is 34.8. The topological polar surface area (TPSA) is 267 Å². The molecule has 1 aliphatic rings. The van der Waals surface area contributed by atoms with E-state index in [2.05, 4.69) is 66.9 Å². The summed E-state index contributed by atoms with van der Waals surface area (Å²) in [5, 5.41) is 39.1. The van der Waals surface area contributed by atoms with Gasteiger partial charge in [0.15, 0.2) is 45.6 Å². The number of aromatic nitrogens is 8. The van der Waals surface area contributed by atoms with Gasteiger partial charge in [-0.1, -0.05) is 139 Å². The largest absolute Gasteiger partial charge is 0.450 e. The van der Waals surface area contributed by atoms with Crippen molar-refractivity contribution in [2.45, 2.75) is 220 Å². The van der Waals surface area contributed by atoms with E-state index in [4.69, 9.17) is 9.92 Å². The minimum Gasteiger partial charge on any atom is -0.450 e. The number of azo groups is 1. The van der Waals surface area contributed by atoms with Crippen molar-refractivity contribution in [1.82, 2.24) is 40.4 Å². The van der Waals surface area contributed by atoms with Crippen LogP contribution in [0.5, 0.6) is 0 Å². The molecule has 0 fully saturated rings. The van der Waals surface area contributed by atoms with Crippen LogP contribution in [0.15, 0.2) is 15.2 Å². The standard InChI is InChI=1S/2C8H14N4O.C6H11N3.C6H12O.C5H13BO.C5H13O2P.C5H12O2S.CH4/c1-6(13)5-12-7(8(2,3)4)9-10-11-12;1-6(13)5-12-10-7(9-11-12)8(2,3)4;1-6(2,3)5-7-4-8-9-5;1-5(7)6(2,3)4;1-5(2,3)6(4)7;2*1-5(2,3)8(4,6)7;/h2*5H2,1-4H3;4H2,1-3H3;1-4H3;7H,1-4H3;1-4H3,(H,6,7);1-4H3;1H4. The van der Waals surface area contributed by atoms with Gasteiger partial charge >= 0.3 is 0 Å². The summed E-state index contributed by atoms with van der Waals surface area (Å²) in [5.41, 5.74) is -0.312. The number of Topliss-reactive ketones (excluding diaryl/α,β-unsaturated/α-hetero) is 3. The second-order valence-electron chi connectivity index (χ2n) is 23.1. The molecule has 2 aromatic rings. The Hall–Kier alpha value is -3.42. The van der Waals surface area contributed by atoms with Crippen molar-refractivity contribution < 1.29 is 37.3 Å². The molecule has 1 aliphatic heterocycles. The number of carbonyl (C=O) groups is 3. The number of sulfone groups is 1. The van der Waals surface area contributed by atoms with E-state index in [9.17, 15) is 27.4 Å². The molecule has 1 unspecified atom stereocenters. The monoisotopic (exact) mass is 978 g/mol. The van der Waals surface area contributed by atoms with Gasteiger partial charge in [0, 0.05) is 39.7 Å². The zero-order valence-electron chi connectivity index (χ0n) is 45.3. The van der Waals surface area contributed by atoms with Crippen molar-refractivity contribution >= 4 is 47.3 Å². The Labute approximate surface area is 400 Å². The average molecular weight is 978 g/mol. The van der Waals surface area contributed by atoms with Gasteiger partial charge in [-0.15, -0.1) is 20.4 Å². The van der Waals surface area contributed by atoms with Crippen LogP contribution in [-0.2, 0) is 52.7 Å². The zero-order chi connectivity index (χ0) is 53.2. The van der Waals surface area contributed by atoms with Crippen molar-refractivity contribution in [3.63, 3.8) is 0 Å². The Morgan fingerprint density at radius 2 is 1.11 bits per heavy atom. The molecule has 386 valence electrons. The summed E-state index contributed by atoms with van der Waals surface area (Å²) >= 11 is 0. The number of hydrogen-bond acceptors (Lipinski definition) is 16. The number of ketones is 3. The first-order chi connectivity index (χ1) is 28.3. The van der Waals surface area contributed by atoms with Crippen LogP contribution in [0.4, 0.5) is 0 Å². The summed E-state index contributed by atoms with van der Waals surface area (Å²) in [4.78, 5) is 46.4. The number of aliphatic imine (C=N–C) groups is 1. The van der Waals surface area contributed by atoms with Crippen LogP contribution >= 0.6 is 7.37 Å². The van der Waals surface area contributed by atoms with Crippen LogP contribution in [0.1, 0.15) is 185 Å². The fourth-order valence-corrected chi connectivity index (χ4v) is 2.48. The Bertz CT molecular complexity index is 1970. The summed E-state index contributed by atoms with van der Waals surface area (Å²) in [6.07, 6.45) is 1.24. The minimum atomic E-state index is -2.85. The molecular formula is C44H93BN11O8PS. The molecule has 19 nitrogen and oxygen atoms in total. The summed E-state index contributed by atoms with van der Waals surface area (Å²) in [6.45, 7) is 49.0. The third-order valence-electron chi connectivity index (χ3n) is 8.85. The van der Waals surface area contributed by atoms with E-state index in [0.29, 0.717) is 12.5 Å². The molecule has 0 spiro atoms. The third-order valence-corrected chi connectivity index (χ3v) is 13.6. The molecule has 0 amide bonds. The summed E-state index contributed by atoms with van der Waals surface area (Å²) in [7, 11) is -5.69. The maximum absolute atomic E-state index is 10.9. The maximum Gasteiger partial charge on any atom is 0.291 e. The lowest BCUT2D eigenvalue weighted by atomic mass is 9.50. The van der Waals surface area contributed by atoms with Gasteiger partial charge in [-0.3, -0.25) is 18.9 Å². The van der Waals surface area contributed by atoms with Crippen molar-refractivity contribution in [3.05, 3.63) is 11.6 Å². The molecule has 2 aromatic heterocycles. The predicted octanol–water partition coefficient (Wildman–Crippen LogP) is 9.15. The van der Waals surface area contributed by atoms with Gasteiger partial charge < -0.3 is 9.92 Å². The highest BCUT2D eigenvalue weighted by Crippen LogP contribution is 2.49. The first-order valence-corrected chi connectivity index (χ1v) is 25.4. The number of nitrogens with zero attached hydrogens (tertiary/aromatic N) is 11. The van der Waals surface area contributed by atoms with Gasteiger partial charge in [-0.25, -0.2) is 18.1 Å². The van der Waals surface area contributed by atoms with Crippen LogP contribution in [0.2, 0.25) is 12.1 Å². The summed E-state index contributed by atoms with van der Waals surface area (Å²) in [6, 6.07) is 0. The molecule has 0 saturated carbocycles. The number of tetrazole rings is 2. The Balaban J connectivity index is -0.000000222. The number of hydrogen-bond donors (Lipinski definition) is 2. The van der Waals surface area contributed by atoms with Crippen molar-refractivity contribution in [2.75, 3.05) is 19.6 Å². The van der Waals surface area contributed by atoms with Crippen molar-refractivity contribution in [2.24, 2.45) is 26.1 Å². The average Bonchev–Trinajstić information content (AvgIpc) is 3.82. The fourth-order valence-electron chi connectivity index (χ4n) is 2.48. The van der Waals surface area contributed by atoms with Gasteiger partial charge in [0.25, 0.3) is 6.92 Å². The van der Waals surface area contributed by atoms with Crippen molar-refractivity contribution in [1.29, 1.82) is 0 Å². The SMILES string of the molecule is C.CB(O)C(C)(C)C.CC(=O)C(C)(C)C.CC(=O)Cn1nnc(C(C)(C)C)n1.CC(=O)Cn1nnnc1C(C)(C)C.CC(C)(C)C1=NCN=N1.CC(C)(C)P(C)(=O)O.CC(C)(C)S(C)(=O)=O. The molecule has 3 rings (SSSR count). The highest BCUT2D eigenvalue weighted by molar-refractivity contribution is 7.92. The quantitative estimate of drug-likeness (QED) is 0.214. The highest BCUT2D eigenvalue weighted by Gasteiger charge is 2.29. The second kappa shape index (κ2) is 28.2. The minimum absolute atomic E-state index is 0. The molecule has 3 heterocycles. The van der Waals surface area contributed by atoms with Crippen molar-refractivity contribution in [3.8, 4) is 0 Å². The van der Waals surface area contributed by atoms with Gasteiger partial charge in [0.1, 0.15) is 18.9 Å². The first kappa shape index (κ1) is 71.6. The van der Waals surface area contributed by atoms with Gasteiger partial charge in [0.05, 0.1) is 4.75 Å². The van der Waals surface area contributed by atoms with E-state index in [-0.39, 0.29) is 71.8 Å². The number of amidine groups is 1. The molecule has 66 heavy (non-hydrogen) atoms. The molecule has 0 aromatic carbocycles. The van der Waals surface area contributed by atoms with Gasteiger partial charge in [-0.05, 0) is 62.5 Å². The van der Waals surface area contributed by atoms with Gasteiger partial charge in [-0.2, -0.15) is 9.91 Å². The molecule has 2 N–H and O–H groups in total. The van der Waals surface area contributed by atoms with Crippen LogP contribution in [0, 0.1) is 10.8 Å². The second-order valence-corrected chi connectivity index (χ2v) is 29.0. The first-order valence-electron chi connectivity index (χ1n) is 21.4. The van der Waals surface area contributed by atoms with Crippen LogP contribution in [0.25, 0.3) is 0 Å². The normalized spacial score (nSPS) is 13.7. The highest BCUT2D eigenvalue weighted by atomic mass is 32.2. The lowest BCUT2D eigenvalue weighted by Gasteiger charge is -2.21. The Kier molecular flexibility index (Phi) is 30.5. The van der Waals surface area contributed by atoms with Crippen LogP contribution < -0.4 is 0 Å². The molecular weight excluding hydrogens is 884 g/mol. The van der Waals surface area contributed by atoms with E-state index < -0.39 is 27.1 Å². The maximum atomic E-state index is 10.9. The van der Waals surface area contributed by atoms with Gasteiger partial charge in [0.2, 0.25) is 7.37 Å². The Morgan fingerprint density at radius 1 is 0.727 bits per heavy atom. The van der Waals surface area contributed by atoms with E-state index >= 15 is 0 Å². The van der Waals surface area contributed by atoms with E-state index in [1.165, 1.54) is 31.6 Å². The number of rotatable bonds is 4. The van der Waals surface area contributed by atoms with Crippen LogP contribution in [0.3, 0.4) is 0 Å². The van der Waals surface area contributed by atoms with E-state index in [1.807, 2.05) is 83.1 Å². The lowest BCUT2D eigenvalue weighted by molar-refractivity contribution is -0.124. The summed E-state index contributed by atoms with van der Waals surface area (Å²) < 4.78 is 33.1. The predicted molar refractivity (Wildman–Crippen MR) is 272 cm³/mol. The van der Waals surface area contributed by atoms with E-state index in [1.54, 1.807) is 60.0 Å². The fraction of sp³-hybridized carbons (Fsp3) is 0.864. The van der Waals surface area contributed by atoms with Crippen LogP contribution in [-0.4, -0.2) is 118 Å². The molecule has 0 aliphatic carbocycles. The Morgan fingerprint density at radius 3 is 1.30 bits per heavy atom. The number of carbonyl (C=O) groups excluding carboxylic acids is 3. The van der Waals surface area contributed by atoms with E-state index in [0.717, 1.165) is 11.7 Å². The lowest BCUT2D eigenvalue weighted by Crippen LogP contribution is -2.26. The molecule has 22 heteroatoms. The molecule has 0 bridgehead atoms.